The monoisotopic (exact) mass is 158 g/mol. The quantitative estimate of drug-likeness (QED) is 0.688. The van der Waals surface area contributed by atoms with Gasteiger partial charge in [0, 0.05) is 17.6 Å². The zero-order valence-corrected chi connectivity index (χ0v) is 6.56. The SMILES string of the molecule is CC(CO)Nc1nccs1. The maximum Gasteiger partial charge on any atom is 0.182 e. The molecule has 2 N–H and O–H groups in total. The number of hydrogen-bond acceptors (Lipinski definition) is 4. The van der Waals surface area contributed by atoms with Gasteiger partial charge in [0.1, 0.15) is 0 Å². The third-order valence-electron chi connectivity index (χ3n) is 1.08. The van der Waals surface area contributed by atoms with E-state index in [2.05, 4.69) is 10.3 Å². The Balaban J connectivity index is 2.40. The van der Waals surface area contributed by atoms with Crippen molar-refractivity contribution in [2.75, 3.05) is 11.9 Å². The lowest BCUT2D eigenvalue weighted by atomic mass is 10.4. The molecule has 1 unspecified atom stereocenters. The first-order valence-electron chi connectivity index (χ1n) is 3.10. The topological polar surface area (TPSA) is 45.1 Å². The lowest BCUT2D eigenvalue weighted by Crippen LogP contribution is -2.18. The summed E-state index contributed by atoms with van der Waals surface area (Å²) in [5.41, 5.74) is 0. The molecule has 1 rings (SSSR count). The van der Waals surface area contributed by atoms with Crippen LogP contribution in [0.2, 0.25) is 0 Å². The third-order valence-corrected chi connectivity index (χ3v) is 1.78. The first kappa shape index (κ1) is 7.50. The number of hydrogen-bond donors (Lipinski definition) is 2. The fourth-order valence-electron chi connectivity index (χ4n) is 0.551. The highest BCUT2D eigenvalue weighted by molar-refractivity contribution is 7.13. The summed E-state index contributed by atoms with van der Waals surface area (Å²) in [4.78, 5) is 4.00. The van der Waals surface area contributed by atoms with E-state index in [9.17, 15) is 0 Å². The first-order chi connectivity index (χ1) is 4.83. The van der Waals surface area contributed by atoms with Gasteiger partial charge in [-0.05, 0) is 6.92 Å². The molecule has 1 aromatic heterocycles. The average molecular weight is 158 g/mol. The third kappa shape index (κ3) is 1.97. The first-order valence-corrected chi connectivity index (χ1v) is 3.98. The molecule has 0 saturated heterocycles. The number of thiazole rings is 1. The van der Waals surface area contributed by atoms with E-state index in [1.807, 2.05) is 12.3 Å². The fourth-order valence-corrected chi connectivity index (χ4v) is 1.19. The summed E-state index contributed by atoms with van der Waals surface area (Å²) in [5, 5.41) is 14.4. The van der Waals surface area contributed by atoms with Crippen molar-refractivity contribution >= 4 is 16.5 Å². The van der Waals surface area contributed by atoms with Crippen LogP contribution < -0.4 is 5.32 Å². The lowest BCUT2D eigenvalue weighted by Gasteiger charge is -2.07. The summed E-state index contributed by atoms with van der Waals surface area (Å²) < 4.78 is 0. The van der Waals surface area contributed by atoms with E-state index in [0.29, 0.717) is 0 Å². The van der Waals surface area contributed by atoms with E-state index in [4.69, 9.17) is 5.11 Å². The molecule has 0 saturated carbocycles. The molecule has 4 heteroatoms. The van der Waals surface area contributed by atoms with E-state index in [1.54, 1.807) is 6.20 Å². The van der Waals surface area contributed by atoms with E-state index in [-0.39, 0.29) is 12.6 Å². The van der Waals surface area contributed by atoms with Gasteiger partial charge in [0.25, 0.3) is 0 Å². The van der Waals surface area contributed by atoms with Crippen molar-refractivity contribution in [3.63, 3.8) is 0 Å². The van der Waals surface area contributed by atoms with Crippen molar-refractivity contribution in [1.29, 1.82) is 0 Å². The minimum Gasteiger partial charge on any atom is -0.394 e. The van der Waals surface area contributed by atoms with Crippen molar-refractivity contribution in [3.05, 3.63) is 11.6 Å². The van der Waals surface area contributed by atoms with Crippen LogP contribution in [0.4, 0.5) is 5.13 Å². The molecule has 0 bridgehead atoms. The molecule has 0 aromatic carbocycles. The largest absolute Gasteiger partial charge is 0.394 e. The summed E-state index contributed by atoms with van der Waals surface area (Å²) >= 11 is 1.53. The molecule has 1 heterocycles. The molecular weight excluding hydrogens is 148 g/mol. The molecule has 10 heavy (non-hydrogen) atoms. The Kier molecular flexibility index (Phi) is 2.65. The van der Waals surface area contributed by atoms with Gasteiger partial charge in [0.05, 0.1) is 6.61 Å². The summed E-state index contributed by atoms with van der Waals surface area (Å²) in [7, 11) is 0. The van der Waals surface area contributed by atoms with Gasteiger partial charge >= 0.3 is 0 Å². The average Bonchev–Trinajstić information content (AvgIpc) is 2.40. The van der Waals surface area contributed by atoms with Gasteiger partial charge < -0.3 is 10.4 Å². The molecule has 0 spiro atoms. The van der Waals surface area contributed by atoms with Crippen LogP contribution in [-0.2, 0) is 0 Å². The van der Waals surface area contributed by atoms with Crippen molar-refractivity contribution in [2.24, 2.45) is 0 Å². The van der Waals surface area contributed by atoms with Crippen LogP contribution in [0.5, 0.6) is 0 Å². The van der Waals surface area contributed by atoms with Crippen molar-refractivity contribution < 1.29 is 5.11 Å². The van der Waals surface area contributed by atoms with Crippen LogP contribution in [-0.4, -0.2) is 22.7 Å². The number of rotatable bonds is 3. The molecule has 56 valence electrons. The minimum absolute atomic E-state index is 0.0890. The predicted molar refractivity (Wildman–Crippen MR) is 42.3 cm³/mol. The summed E-state index contributed by atoms with van der Waals surface area (Å²) in [5.74, 6) is 0. The van der Waals surface area contributed by atoms with E-state index >= 15 is 0 Å². The number of nitrogens with zero attached hydrogens (tertiary/aromatic N) is 1. The van der Waals surface area contributed by atoms with Gasteiger partial charge in [-0.1, -0.05) is 0 Å². The van der Waals surface area contributed by atoms with Gasteiger partial charge in [-0.2, -0.15) is 0 Å². The Hall–Kier alpha value is -0.610. The molecule has 0 fully saturated rings. The number of aliphatic hydroxyl groups excluding tert-OH is 1. The molecule has 0 aliphatic carbocycles. The highest BCUT2D eigenvalue weighted by Crippen LogP contribution is 2.10. The standard InChI is InChI=1S/C6H10N2OS/c1-5(4-9)8-6-7-2-3-10-6/h2-3,5,9H,4H2,1H3,(H,7,8). The Bertz CT molecular complexity index is 176. The normalized spacial score (nSPS) is 13.0. The minimum atomic E-state index is 0.0890. The molecule has 1 aromatic rings. The van der Waals surface area contributed by atoms with Gasteiger partial charge in [-0.15, -0.1) is 11.3 Å². The maximum atomic E-state index is 8.65. The van der Waals surface area contributed by atoms with Crippen LogP contribution in [0.3, 0.4) is 0 Å². The lowest BCUT2D eigenvalue weighted by molar-refractivity contribution is 0.281. The molecular formula is C6H10N2OS. The number of nitrogens with one attached hydrogen (secondary N) is 1. The van der Waals surface area contributed by atoms with Crippen LogP contribution in [0.25, 0.3) is 0 Å². The second-order valence-corrected chi connectivity index (χ2v) is 2.96. The van der Waals surface area contributed by atoms with Crippen LogP contribution >= 0.6 is 11.3 Å². The molecule has 0 aliphatic heterocycles. The maximum absolute atomic E-state index is 8.65. The van der Waals surface area contributed by atoms with Crippen LogP contribution in [0.1, 0.15) is 6.92 Å². The highest BCUT2D eigenvalue weighted by atomic mass is 32.1. The molecule has 0 radical (unpaired) electrons. The zero-order chi connectivity index (χ0) is 7.40. The summed E-state index contributed by atoms with van der Waals surface area (Å²) in [6, 6.07) is 0.0890. The van der Waals surface area contributed by atoms with Crippen molar-refractivity contribution in [3.8, 4) is 0 Å². The predicted octanol–water partition coefficient (Wildman–Crippen LogP) is 0.936. The Labute approximate surface area is 63.7 Å². The van der Waals surface area contributed by atoms with Gasteiger partial charge in [0.15, 0.2) is 5.13 Å². The Morgan fingerprint density at radius 2 is 2.70 bits per heavy atom. The second-order valence-electron chi connectivity index (χ2n) is 2.07. The number of aliphatic hydroxyl groups is 1. The molecule has 0 amide bonds. The zero-order valence-electron chi connectivity index (χ0n) is 5.74. The fraction of sp³-hybridized carbons (Fsp3) is 0.500. The van der Waals surface area contributed by atoms with E-state index in [1.165, 1.54) is 11.3 Å². The second kappa shape index (κ2) is 3.53. The van der Waals surface area contributed by atoms with E-state index in [0.717, 1.165) is 5.13 Å². The summed E-state index contributed by atoms with van der Waals surface area (Å²) in [6.45, 7) is 2.04. The molecule has 3 nitrogen and oxygen atoms in total. The highest BCUT2D eigenvalue weighted by Gasteiger charge is 1.99. The Morgan fingerprint density at radius 1 is 1.90 bits per heavy atom. The Morgan fingerprint density at radius 3 is 3.20 bits per heavy atom. The van der Waals surface area contributed by atoms with E-state index < -0.39 is 0 Å². The smallest absolute Gasteiger partial charge is 0.182 e. The molecule has 1 atom stereocenters. The van der Waals surface area contributed by atoms with Gasteiger partial charge in [0.2, 0.25) is 0 Å². The van der Waals surface area contributed by atoms with Crippen molar-refractivity contribution in [2.45, 2.75) is 13.0 Å². The number of anilines is 1. The van der Waals surface area contributed by atoms with Crippen LogP contribution in [0.15, 0.2) is 11.6 Å². The number of aromatic nitrogens is 1. The van der Waals surface area contributed by atoms with Gasteiger partial charge in [-0.25, -0.2) is 4.98 Å². The van der Waals surface area contributed by atoms with Crippen molar-refractivity contribution in [1.82, 2.24) is 4.98 Å². The molecule has 0 aliphatic rings. The van der Waals surface area contributed by atoms with Gasteiger partial charge in [-0.3, -0.25) is 0 Å². The summed E-state index contributed by atoms with van der Waals surface area (Å²) in [6.07, 6.45) is 1.73. The van der Waals surface area contributed by atoms with Crippen LogP contribution in [0, 0.1) is 0 Å².